The fraction of sp³-hybridized carbons (Fsp3) is 0.286. The van der Waals surface area contributed by atoms with E-state index in [1.807, 2.05) is 30.3 Å². The van der Waals surface area contributed by atoms with Gasteiger partial charge in [-0.3, -0.25) is 4.79 Å². The number of nitrogens with one attached hydrogen (secondary N) is 1. The van der Waals surface area contributed by atoms with Crippen molar-refractivity contribution in [3.05, 3.63) is 42.1 Å². The molecule has 0 spiro atoms. The first-order valence-corrected chi connectivity index (χ1v) is 6.89. The molecule has 1 aromatic carbocycles. The molecule has 0 aliphatic heterocycles. The fourth-order valence-corrected chi connectivity index (χ4v) is 2.15. The Morgan fingerprint density at radius 1 is 1.37 bits per heavy atom. The average molecular weight is 323 g/mol. The van der Waals surface area contributed by atoms with Crippen LogP contribution in [0.25, 0.3) is 10.9 Å². The second-order valence-corrected chi connectivity index (χ2v) is 5.45. The molecule has 2 rings (SSSR count). The van der Waals surface area contributed by atoms with Crippen LogP contribution in [0.15, 0.2) is 36.4 Å². The molecule has 0 radical (unpaired) electrons. The van der Waals surface area contributed by atoms with Crippen molar-refractivity contribution in [1.29, 1.82) is 0 Å². The number of para-hydroxylation sites is 1. The van der Waals surface area contributed by atoms with Crippen molar-refractivity contribution in [3.8, 4) is 0 Å². The lowest BCUT2D eigenvalue weighted by atomic mass is 10.2. The molecule has 2 aromatic rings. The number of rotatable bonds is 5. The monoisotopic (exact) mass is 322 g/mol. The molecule has 0 aliphatic rings. The summed E-state index contributed by atoms with van der Waals surface area (Å²) < 4.78 is 4.99. The number of aromatic nitrogens is 1. The molecule has 1 amide bonds. The van der Waals surface area contributed by atoms with E-state index in [1.54, 1.807) is 13.2 Å². The normalized spacial score (nSPS) is 12.3. The van der Waals surface area contributed by atoms with E-state index in [1.165, 1.54) is 0 Å². The minimum absolute atomic E-state index is 0.0990. The number of hydrogen-bond acceptors (Lipinski definition) is 3. The number of amides is 1. The number of fused-ring (bicyclic) bond motifs is 1. The Hall–Kier alpha value is -1.46. The van der Waals surface area contributed by atoms with E-state index in [9.17, 15) is 4.79 Å². The predicted molar refractivity (Wildman–Crippen MR) is 78.7 cm³/mol. The Morgan fingerprint density at radius 3 is 2.95 bits per heavy atom. The van der Waals surface area contributed by atoms with Crippen LogP contribution in [0.5, 0.6) is 0 Å². The lowest BCUT2D eigenvalue weighted by Gasteiger charge is -2.10. The molecular formula is C14H15BrN2O2. The number of carbonyl (C=O) groups is 1. The number of hydrogen-bond donors (Lipinski definition) is 1. The highest BCUT2D eigenvalue weighted by molar-refractivity contribution is 9.09. The van der Waals surface area contributed by atoms with E-state index < -0.39 is 0 Å². The first-order valence-electron chi connectivity index (χ1n) is 5.97. The van der Waals surface area contributed by atoms with Crippen molar-refractivity contribution >= 4 is 32.7 Å². The third-order valence-electron chi connectivity index (χ3n) is 2.66. The van der Waals surface area contributed by atoms with Gasteiger partial charge < -0.3 is 10.1 Å². The van der Waals surface area contributed by atoms with Crippen molar-refractivity contribution in [2.24, 2.45) is 0 Å². The third-order valence-corrected chi connectivity index (χ3v) is 3.25. The summed E-state index contributed by atoms with van der Waals surface area (Å²) in [5, 5.41) is 3.84. The molecular weight excluding hydrogens is 308 g/mol. The molecule has 1 aromatic heterocycles. The van der Waals surface area contributed by atoms with Gasteiger partial charge in [0, 0.05) is 19.0 Å². The van der Waals surface area contributed by atoms with Crippen molar-refractivity contribution < 1.29 is 9.53 Å². The SMILES string of the molecule is COCC(Br)CNC(=O)c1ccc2ccccc2n1. The zero-order valence-corrected chi connectivity index (χ0v) is 12.2. The number of ether oxygens (including phenoxy) is 1. The zero-order valence-electron chi connectivity index (χ0n) is 10.6. The number of benzene rings is 1. The highest BCUT2D eigenvalue weighted by atomic mass is 79.9. The molecule has 19 heavy (non-hydrogen) atoms. The van der Waals surface area contributed by atoms with Crippen LogP contribution in [-0.2, 0) is 4.74 Å². The molecule has 1 unspecified atom stereocenters. The minimum Gasteiger partial charge on any atom is -0.383 e. The van der Waals surface area contributed by atoms with Gasteiger partial charge in [-0.25, -0.2) is 4.98 Å². The van der Waals surface area contributed by atoms with Crippen LogP contribution in [0.2, 0.25) is 0 Å². The molecule has 0 saturated carbocycles. The summed E-state index contributed by atoms with van der Waals surface area (Å²) in [6.45, 7) is 1.05. The topological polar surface area (TPSA) is 51.2 Å². The van der Waals surface area contributed by atoms with Crippen LogP contribution in [-0.4, -0.2) is 36.0 Å². The summed E-state index contributed by atoms with van der Waals surface area (Å²) in [6, 6.07) is 11.4. The second kappa shape index (κ2) is 6.63. The Kier molecular flexibility index (Phi) is 4.87. The van der Waals surface area contributed by atoms with Gasteiger partial charge in [-0.1, -0.05) is 40.2 Å². The van der Waals surface area contributed by atoms with Crippen LogP contribution in [0.1, 0.15) is 10.5 Å². The molecule has 1 atom stereocenters. The highest BCUT2D eigenvalue weighted by Crippen LogP contribution is 2.11. The number of halogens is 1. The van der Waals surface area contributed by atoms with Crippen LogP contribution in [0.3, 0.4) is 0 Å². The summed E-state index contributed by atoms with van der Waals surface area (Å²) in [5.74, 6) is -0.175. The van der Waals surface area contributed by atoms with E-state index >= 15 is 0 Å². The van der Waals surface area contributed by atoms with E-state index in [-0.39, 0.29) is 10.7 Å². The summed E-state index contributed by atoms with van der Waals surface area (Å²) in [6.07, 6.45) is 0. The first kappa shape index (κ1) is 14.0. The minimum atomic E-state index is -0.175. The van der Waals surface area contributed by atoms with E-state index in [2.05, 4.69) is 26.2 Å². The Balaban J connectivity index is 2.05. The largest absolute Gasteiger partial charge is 0.383 e. The molecule has 0 saturated heterocycles. The Morgan fingerprint density at radius 2 is 2.16 bits per heavy atom. The number of alkyl halides is 1. The standard InChI is InChI=1S/C14H15BrN2O2/c1-19-9-11(15)8-16-14(18)13-7-6-10-4-2-3-5-12(10)17-13/h2-7,11H,8-9H2,1H3,(H,16,18). The van der Waals surface area contributed by atoms with Crippen molar-refractivity contribution in [1.82, 2.24) is 10.3 Å². The molecule has 1 heterocycles. The van der Waals surface area contributed by atoms with Crippen LogP contribution in [0.4, 0.5) is 0 Å². The lowest BCUT2D eigenvalue weighted by Crippen LogP contribution is -2.31. The summed E-state index contributed by atoms with van der Waals surface area (Å²) in [7, 11) is 1.63. The van der Waals surface area contributed by atoms with Gasteiger partial charge in [0.2, 0.25) is 0 Å². The summed E-state index contributed by atoms with van der Waals surface area (Å²) >= 11 is 3.42. The van der Waals surface area contributed by atoms with Crippen molar-refractivity contribution in [3.63, 3.8) is 0 Å². The van der Waals surface area contributed by atoms with Gasteiger partial charge in [-0.2, -0.15) is 0 Å². The van der Waals surface area contributed by atoms with E-state index in [4.69, 9.17) is 4.74 Å². The van der Waals surface area contributed by atoms with E-state index in [0.29, 0.717) is 18.8 Å². The Bertz CT molecular complexity index is 574. The third kappa shape index (κ3) is 3.75. The summed E-state index contributed by atoms with van der Waals surface area (Å²) in [4.78, 5) is 16.4. The molecule has 5 heteroatoms. The number of methoxy groups -OCH3 is 1. The molecule has 4 nitrogen and oxygen atoms in total. The molecule has 100 valence electrons. The molecule has 1 N–H and O–H groups in total. The number of nitrogens with zero attached hydrogens (tertiary/aromatic N) is 1. The van der Waals surface area contributed by atoms with Crippen molar-refractivity contribution in [2.45, 2.75) is 4.83 Å². The van der Waals surface area contributed by atoms with Crippen LogP contribution >= 0.6 is 15.9 Å². The number of pyridine rings is 1. The maximum Gasteiger partial charge on any atom is 0.269 e. The molecule has 0 fully saturated rings. The van der Waals surface area contributed by atoms with E-state index in [0.717, 1.165) is 10.9 Å². The highest BCUT2D eigenvalue weighted by Gasteiger charge is 2.10. The smallest absolute Gasteiger partial charge is 0.269 e. The molecule has 0 bridgehead atoms. The predicted octanol–water partition coefficient (Wildman–Crippen LogP) is 2.37. The first-order chi connectivity index (χ1) is 9.20. The second-order valence-electron chi connectivity index (χ2n) is 4.15. The lowest BCUT2D eigenvalue weighted by molar-refractivity contribution is 0.0945. The quantitative estimate of drug-likeness (QED) is 0.860. The summed E-state index contributed by atoms with van der Waals surface area (Å²) in [5.41, 5.74) is 1.25. The van der Waals surface area contributed by atoms with Crippen LogP contribution < -0.4 is 5.32 Å². The Labute approximate surface area is 120 Å². The van der Waals surface area contributed by atoms with Gasteiger partial charge in [0.05, 0.1) is 17.0 Å². The van der Waals surface area contributed by atoms with Gasteiger partial charge in [-0.05, 0) is 12.1 Å². The van der Waals surface area contributed by atoms with Crippen LogP contribution in [0, 0.1) is 0 Å². The molecule has 0 aliphatic carbocycles. The van der Waals surface area contributed by atoms with Crippen molar-refractivity contribution in [2.75, 3.05) is 20.3 Å². The van der Waals surface area contributed by atoms with Gasteiger partial charge >= 0.3 is 0 Å². The average Bonchev–Trinajstić information content (AvgIpc) is 2.44. The van der Waals surface area contributed by atoms with Gasteiger partial charge in [-0.15, -0.1) is 0 Å². The van der Waals surface area contributed by atoms with Gasteiger partial charge in [0.25, 0.3) is 5.91 Å². The zero-order chi connectivity index (χ0) is 13.7. The van der Waals surface area contributed by atoms with Gasteiger partial charge in [0.1, 0.15) is 5.69 Å². The number of carbonyl (C=O) groups excluding carboxylic acids is 1. The maximum absolute atomic E-state index is 12.0. The fourth-order valence-electron chi connectivity index (χ4n) is 1.73. The van der Waals surface area contributed by atoms with Gasteiger partial charge in [0.15, 0.2) is 0 Å². The maximum atomic E-state index is 12.0.